The number of hydrogen-bond donors (Lipinski definition) is 1. The summed E-state index contributed by atoms with van der Waals surface area (Å²) in [4.78, 5) is 18.7. The Labute approximate surface area is 221 Å². The van der Waals surface area contributed by atoms with E-state index in [0.29, 0.717) is 18.2 Å². The molecule has 3 heterocycles. The summed E-state index contributed by atoms with van der Waals surface area (Å²) in [5, 5.41) is 18.2. The van der Waals surface area contributed by atoms with Crippen molar-refractivity contribution in [2.45, 2.75) is 19.6 Å². The molecule has 0 bridgehead atoms. The Bertz CT molecular complexity index is 1440. The number of ether oxygens (including phenoxy) is 1. The molecular weight excluding hydrogens is 517 g/mol. The van der Waals surface area contributed by atoms with Crippen molar-refractivity contribution in [1.82, 2.24) is 25.1 Å². The number of hydrogen-bond acceptors (Lipinski definition) is 9. The molecule has 0 atom stereocenters. The molecule has 3 aromatic heterocycles. The van der Waals surface area contributed by atoms with Gasteiger partial charge in [0.05, 0.1) is 22.8 Å². The minimum atomic E-state index is -4.53. The molecule has 0 amide bonds. The third kappa shape index (κ3) is 7.47. The average molecular weight is 543 g/mol. The zero-order valence-electron chi connectivity index (χ0n) is 21.3. The normalized spacial score (nSPS) is 12.1. The number of nitrogens with zero attached hydrogens (tertiary/aromatic N) is 7. The van der Waals surface area contributed by atoms with Gasteiger partial charge in [-0.05, 0) is 50.0 Å². The smallest absolute Gasteiger partial charge is 0.416 e. The quantitative estimate of drug-likeness (QED) is 0.193. The Morgan fingerprint density at radius 1 is 1.18 bits per heavy atom. The first-order valence-corrected chi connectivity index (χ1v) is 11.7. The van der Waals surface area contributed by atoms with Crippen LogP contribution in [0.1, 0.15) is 17.0 Å². The Morgan fingerprint density at radius 3 is 2.72 bits per heavy atom. The first-order valence-electron chi connectivity index (χ1n) is 11.7. The van der Waals surface area contributed by atoms with Crippen LogP contribution in [0.25, 0.3) is 11.1 Å². The Kier molecular flexibility index (Phi) is 8.34. The fourth-order valence-corrected chi connectivity index (χ4v) is 3.47. The predicted octanol–water partition coefficient (Wildman–Crippen LogP) is 2.59. The van der Waals surface area contributed by atoms with E-state index in [1.54, 1.807) is 12.3 Å². The van der Waals surface area contributed by atoms with Gasteiger partial charge >= 0.3 is 12.1 Å². The highest BCUT2D eigenvalue weighted by Crippen LogP contribution is 2.31. The summed E-state index contributed by atoms with van der Waals surface area (Å²) in [7, 11) is 3.91. The van der Waals surface area contributed by atoms with Crippen molar-refractivity contribution in [3.8, 4) is 17.0 Å². The van der Waals surface area contributed by atoms with Crippen LogP contribution in [0.15, 0.2) is 64.6 Å². The third-order valence-electron chi connectivity index (χ3n) is 5.37. The Morgan fingerprint density at radius 2 is 2.00 bits per heavy atom. The second kappa shape index (κ2) is 11.9. The topological polar surface area (TPSA) is 128 Å². The predicted molar refractivity (Wildman–Crippen MR) is 132 cm³/mol. The number of alkyl halides is 3. The summed E-state index contributed by atoms with van der Waals surface area (Å²) in [5.74, 6) is 0.340. The molecule has 0 unspecified atom stereocenters. The number of rotatable bonds is 9. The van der Waals surface area contributed by atoms with Crippen LogP contribution in [-0.4, -0.2) is 58.4 Å². The lowest BCUT2D eigenvalue weighted by atomic mass is 10.1. The summed E-state index contributed by atoms with van der Waals surface area (Å²) < 4.78 is 50.9. The van der Waals surface area contributed by atoms with Gasteiger partial charge in [0.2, 0.25) is 17.7 Å². The van der Waals surface area contributed by atoms with Crippen LogP contribution < -0.4 is 19.8 Å². The second-order valence-electron chi connectivity index (χ2n) is 8.69. The maximum atomic E-state index is 12.9. The standard InChI is InChI=1S/C25H25F3N8O3/c1-16-22(23(31-15-30-16)38-10-9-35(2)3)17-7-8-20(29-12-17)13-36-14-21(39-34-36)33-24(37)32-19-6-4-5-18(11-19)25(26,27)28/h4-8,11-12,14-15H,9-10,13H2,1-3H3,(H-,32,33,34,37). The molecule has 4 rings (SSSR count). The molecule has 11 nitrogen and oxygen atoms in total. The van der Waals surface area contributed by atoms with Gasteiger partial charge in [0.1, 0.15) is 18.6 Å². The number of pyridine rings is 1. The molecule has 0 fully saturated rings. The van der Waals surface area contributed by atoms with E-state index in [1.165, 1.54) is 29.3 Å². The van der Waals surface area contributed by atoms with Crippen molar-refractivity contribution in [2.24, 2.45) is 4.99 Å². The number of anilines is 1. The SMILES string of the molecule is Cc1ncnc(OCCN(C)C)c1-c1ccc(C[n+]2cc(N=C([O-])Nc3cccc(C(F)(F)F)c3)on2)nc1. The van der Waals surface area contributed by atoms with Crippen LogP contribution in [-0.2, 0) is 12.7 Å². The number of nitrogens with one attached hydrogen (secondary N) is 1. The summed E-state index contributed by atoms with van der Waals surface area (Å²) in [6.45, 7) is 3.28. The number of halogens is 3. The number of amidine groups is 1. The highest BCUT2D eigenvalue weighted by Gasteiger charge is 2.30. The molecule has 1 N–H and O–H groups in total. The fourth-order valence-electron chi connectivity index (χ4n) is 3.47. The van der Waals surface area contributed by atoms with Gasteiger partial charge in [-0.15, -0.1) is 0 Å². The molecule has 0 aliphatic carbocycles. The Balaban J connectivity index is 1.42. The maximum Gasteiger partial charge on any atom is 0.416 e. The first kappa shape index (κ1) is 27.4. The number of benzene rings is 1. The van der Waals surface area contributed by atoms with Gasteiger partial charge in [0.15, 0.2) is 0 Å². The molecule has 4 aromatic rings. The molecule has 0 saturated heterocycles. The van der Waals surface area contributed by atoms with Gasteiger partial charge in [-0.1, -0.05) is 12.1 Å². The number of likely N-dealkylation sites (N-methyl/N-ethyl adjacent to an activating group) is 1. The van der Waals surface area contributed by atoms with E-state index in [1.807, 2.05) is 32.0 Å². The molecule has 39 heavy (non-hydrogen) atoms. The van der Waals surface area contributed by atoms with E-state index in [0.717, 1.165) is 35.5 Å². The van der Waals surface area contributed by atoms with Crippen molar-refractivity contribution in [1.29, 1.82) is 0 Å². The van der Waals surface area contributed by atoms with E-state index in [-0.39, 0.29) is 18.1 Å². The van der Waals surface area contributed by atoms with Crippen molar-refractivity contribution < 1.29 is 32.2 Å². The third-order valence-corrected chi connectivity index (χ3v) is 5.37. The van der Waals surface area contributed by atoms with E-state index in [2.05, 4.69) is 30.5 Å². The number of aromatic nitrogens is 5. The first-order chi connectivity index (χ1) is 18.6. The lowest BCUT2D eigenvalue weighted by Crippen LogP contribution is -2.35. The van der Waals surface area contributed by atoms with Gasteiger partial charge in [0, 0.05) is 24.0 Å². The van der Waals surface area contributed by atoms with Crippen LogP contribution >= 0.6 is 0 Å². The number of aryl methyl sites for hydroxylation is 1. The lowest BCUT2D eigenvalue weighted by Gasteiger charge is -2.14. The molecule has 0 aliphatic rings. The summed E-state index contributed by atoms with van der Waals surface area (Å²) in [6, 6.07) is 6.96. The zero-order valence-corrected chi connectivity index (χ0v) is 21.3. The number of aliphatic imine (C=N–C) groups is 1. The molecule has 0 radical (unpaired) electrons. The lowest BCUT2D eigenvalue weighted by molar-refractivity contribution is -0.755. The summed E-state index contributed by atoms with van der Waals surface area (Å²) in [5.41, 5.74) is 1.97. The fraction of sp³-hybridized carbons (Fsp3) is 0.280. The van der Waals surface area contributed by atoms with Crippen LogP contribution in [0.3, 0.4) is 0 Å². The monoisotopic (exact) mass is 542 g/mol. The van der Waals surface area contributed by atoms with Crippen molar-refractivity contribution in [3.05, 3.63) is 72.1 Å². The summed E-state index contributed by atoms with van der Waals surface area (Å²) in [6.07, 6.45) is -0.0346. The highest BCUT2D eigenvalue weighted by molar-refractivity contribution is 5.87. The molecule has 0 spiro atoms. The summed E-state index contributed by atoms with van der Waals surface area (Å²) >= 11 is 0. The van der Waals surface area contributed by atoms with Crippen molar-refractivity contribution in [2.75, 3.05) is 32.6 Å². The Hall–Kier alpha value is -4.59. The minimum absolute atomic E-state index is 0.0550. The van der Waals surface area contributed by atoms with E-state index in [4.69, 9.17) is 9.26 Å². The minimum Gasteiger partial charge on any atom is -0.846 e. The largest absolute Gasteiger partial charge is 0.846 e. The molecule has 0 aliphatic heterocycles. The maximum absolute atomic E-state index is 12.9. The van der Waals surface area contributed by atoms with Gasteiger partial charge < -0.3 is 20.1 Å². The van der Waals surface area contributed by atoms with E-state index >= 15 is 0 Å². The molecular formula is C25H25F3N8O3. The van der Waals surface area contributed by atoms with Crippen LogP contribution in [0.4, 0.5) is 24.7 Å². The van der Waals surface area contributed by atoms with Crippen molar-refractivity contribution in [3.63, 3.8) is 0 Å². The zero-order chi connectivity index (χ0) is 28.0. The van der Waals surface area contributed by atoms with E-state index < -0.39 is 17.8 Å². The molecule has 0 saturated carbocycles. The van der Waals surface area contributed by atoms with E-state index in [9.17, 15) is 18.3 Å². The van der Waals surface area contributed by atoms with Gasteiger partial charge in [0.25, 0.3) is 6.20 Å². The molecule has 204 valence electrons. The van der Waals surface area contributed by atoms with Crippen molar-refractivity contribution >= 4 is 17.6 Å². The van der Waals surface area contributed by atoms with Gasteiger partial charge in [-0.2, -0.15) is 13.2 Å². The molecule has 1 aromatic carbocycles. The second-order valence-corrected chi connectivity index (χ2v) is 8.69. The van der Waals surface area contributed by atoms with Crippen LogP contribution in [0, 0.1) is 6.92 Å². The average Bonchev–Trinajstić information content (AvgIpc) is 3.30. The van der Waals surface area contributed by atoms with Gasteiger partial charge in [-0.3, -0.25) is 9.51 Å². The molecule has 14 heteroatoms. The van der Waals surface area contributed by atoms with Crippen LogP contribution in [0.2, 0.25) is 0 Å². The highest BCUT2D eigenvalue weighted by atomic mass is 19.4. The van der Waals surface area contributed by atoms with Gasteiger partial charge in [-0.25, -0.2) is 15.0 Å². The van der Waals surface area contributed by atoms with Crippen LogP contribution in [0.5, 0.6) is 5.88 Å².